The van der Waals surface area contributed by atoms with Gasteiger partial charge in [-0.05, 0) is 12.8 Å². The van der Waals surface area contributed by atoms with Crippen LogP contribution < -0.4 is 5.32 Å². The summed E-state index contributed by atoms with van der Waals surface area (Å²) >= 11 is 0. The molecule has 124 valence electrons. The van der Waals surface area contributed by atoms with Crippen LogP contribution in [-0.2, 0) is 16.4 Å². The number of carbonyl (C=O) groups is 1. The highest BCUT2D eigenvalue weighted by molar-refractivity contribution is 7.90. The summed E-state index contributed by atoms with van der Waals surface area (Å²) < 4.78 is 49.1. The topological polar surface area (TPSA) is 84.3 Å². The average Bonchev–Trinajstić information content (AvgIpc) is 3.04. The van der Waals surface area contributed by atoms with Gasteiger partial charge in [-0.3, -0.25) is 10.00 Å². The Morgan fingerprint density at radius 1 is 1.55 bits per heavy atom. The van der Waals surface area contributed by atoms with Crippen LogP contribution in [0, 0.1) is 0 Å². The SMILES string of the molecule is CS(=O)(=O)CCn1ccc(NC(=O)N2CCC[C@H]2C(F)F)n1. The van der Waals surface area contributed by atoms with E-state index < -0.39 is 28.3 Å². The van der Waals surface area contributed by atoms with Crippen molar-refractivity contribution in [2.45, 2.75) is 31.9 Å². The van der Waals surface area contributed by atoms with E-state index in [1.54, 1.807) is 0 Å². The Balaban J connectivity index is 1.93. The predicted octanol–water partition coefficient (Wildman–Crippen LogP) is 1.19. The minimum absolute atomic E-state index is 0.0678. The molecule has 2 rings (SSSR count). The van der Waals surface area contributed by atoms with Crippen molar-refractivity contribution in [2.24, 2.45) is 0 Å². The first-order chi connectivity index (χ1) is 10.3. The van der Waals surface area contributed by atoms with Crippen molar-refractivity contribution < 1.29 is 22.0 Å². The van der Waals surface area contributed by atoms with Crippen LogP contribution in [0.2, 0.25) is 0 Å². The summed E-state index contributed by atoms with van der Waals surface area (Å²) in [6.45, 7) is 0.452. The molecule has 1 N–H and O–H groups in total. The molecule has 0 aliphatic carbocycles. The molecule has 1 aromatic rings. The van der Waals surface area contributed by atoms with E-state index in [9.17, 15) is 22.0 Å². The fourth-order valence-electron chi connectivity index (χ4n) is 2.30. The number of likely N-dealkylation sites (tertiary alicyclic amines) is 1. The van der Waals surface area contributed by atoms with E-state index in [1.165, 1.54) is 16.9 Å². The Labute approximate surface area is 127 Å². The highest BCUT2D eigenvalue weighted by Crippen LogP contribution is 2.23. The van der Waals surface area contributed by atoms with Crippen molar-refractivity contribution in [3.8, 4) is 0 Å². The molecular weight excluding hydrogens is 318 g/mol. The van der Waals surface area contributed by atoms with Gasteiger partial charge in [0.1, 0.15) is 9.84 Å². The second-order valence-corrected chi connectivity index (χ2v) is 7.52. The molecule has 1 fully saturated rings. The molecule has 1 aliphatic rings. The van der Waals surface area contributed by atoms with Gasteiger partial charge in [-0.2, -0.15) is 5.10 Å². The van der Waals surface area contributed by atoms with Gasteiger partial charge in [-0.1, -0.05) is 0 Å². The van der Waals surface area contributed by atoms with Gasteiger partial charge < -0.3 is 4.90 Å². The molecule has 0 aromatic carbocycles. The van der Waals surface area contributed by atoms with E-state index in [0.29, 0.717) is 6.42 Å². The molecule has 22 heavy (non-hydrogen) atoms. The summed E-state index contributed by atoms with van der Waals surface area (Å²) in [4.78, 5) is 13.1. The van der Waals surface area contributed by atoms with Crippen molar-refractivity contribution in [3.63, 3.8) is 0 Å². The summed E-state index contributed by atoms with van der Waals surface area (Å²) in [6.07, 6.45) is 0.909. The van der Waals surface area contributed by atoms with E-state index in [4.69, 9.17) is 0 Å². The molecule has 1 atom stereocenters. The molecule has 0 spiro atoms. The molecule has 0 bridgehead atoms. The molecule has 1 aliphatic heterocycles. The Kier molecular flexibility index (Phi) is 4.99. The van der Waals surface area contributed by atoms with Crippen LogP contribution in [0.4, 0.5) is 19.4 Å². The first-order valence-electron chi connectivity index (χ1n) is 6.83. The van der Waals surface area contributed by atoms with Gasteiger partial charge in [0.15, 0.2) is 5.82 Å². The number of carbonyl (C=O) groups excluding carboxylic acids is 1. The maximum absolute atomic E-state index is 12.8. The van der Waals surface area contributed by atoms with Crippen molar-refractivity contribution in [1.82, 2.24) is 14.7 Å². The average molecular weight is 336 g/mol. The van der Waals surface area contributed by atoms with Crippen molar-refractivity contribution in [3.05, 3.63) is 12.3 Å². The van der Waals surface area contributed by atoms with Crippen LogP contribution in [0.25, 0.3) is 0 Å². The molecule has 2 amide bonds. The summed E-state index contributed by atoms with van der Waals surface area (Å²) in [7, 11) is -3.11. The van der Waals surface area contributed by atoms with Crippen LogP contribution >= 0.6 is 0 Å². The van der Waals surface area contributed by atoms with Gasteiger partial charge >= 0.3 is 6.03 Å². The maximum atomic E-state index is 12.8. The minimum atomic E-state index is -3.11. The first kappa shape index (κ1) is 16.7. The zero-order chi connectivity index (χ0) is 16.3. The molecule has 1 aromatic heterocycles. The molecular formula is C12H18F2N4O3S. The normalized spacial score (nSPS) is 18.9. The molecule has 1 saturated heterocycles. The van der Waals surface area contributed by atoms with Crippen LogP contribution in [0.3, 0.4) is 0 Å². The third kappa shape index (κ3) is 4.39. The van der Waals surface area contributed by atoms with Gasteiger partial charge in [0.2, 0.25) is 0 Å². The number of sulfone groups is 1. The van der Waals surface area contributed by atoms with Gasteiger partial charge in [-0.15, -0.1) is 0 Å². The summed E-state index contributed by atoms with van der Waals surface area (Å²) in [6, 6.07) is -0.184. The third-order valence-corrected chi connectivity index (χ3v) is 4.34. The zero-order valence-electron chi connectivity index (χ0n) is 12.1. The van der Waals surface area contributed by atoms with Crippen molar-refractivity contribution in [2.75, 3.05) is 23.9 Å². The number of aryl methyl sites for hydroxylation is 1. The number of alkyl halides is 2. The first-order valence-corrected chi connectivity index (χ1v) is 8.89. The number of amides is 2. The second-order valence-electron chi connectivity index (χ2n) is 5.26. The van der Waals surface area contributed by atoms with Gasteiger partial charge in [0.25, 0.3) is 6.43 Å². The van der Waals surface area contributed by atoms with Crippen LogP contribution in [-0.4, -0.2) is 60.1 Å². The zero-order valence-corrected chi connectivity index (χ0v) is 12.9. The standard InChI is InChI=1S/C12H18F2N4O3S/c1-22(20,21)8-7-17-6-4-10(16-17)15-12(19)18-5-2-3-9(18)11(13)14/h4,6,9,11H,2-3,5,7-8H2,1H3,(H,15,16,19)/t9-/m0/s1. The Hall–Kier alpha value is -1.71. The number of anilines is 1. The molecule has 0 unspecified atom stereocenters. The lowest BCUT2D eigenvalue weighted by molar-refractivity contribution is 0.0637. The molecule has 0 radical (unpaired) electrons. The van der Waals surface area contributed by atoms with E-state index in [1.807, 2.05) is 0 Å². The predicted molar refractivity (Wildman–Crippen MR) is 76.7 cm³/mol. The number of aromatic nitrogens is 2. The Bertz CT molecular complexity index is 632. The van der Waals surface area contributed by atoms with Crippen LogP contribution in [0.5, 0.6) is 0 Å². The molecule has 0 saturated carbocycles. The molecule has 10 heteroatoms. The van der Waals surface area contributed by atoms with E-state index in [2.05, 4.69) is 10.4 Å². The maximum Gasteiger partial charge on any atom is 0.323 e. The third-order valence-electron chi connectivity index (χ3n) is 3.42. The quantitative estimate of drug-likeness (QED) is 0.875. The summed E-state index contributed by atoms with van der Waals surface area (Å²) in [5.74, 6) is 0.139. The fourth-order valence-corrected chi connectivity index (χ4v) is 2.82. The van der Waals surface area contributed by atoms with E-state index >= 15 is 0 Å². The smallest absolute Gasteiger partial charge is 0.316 e. The lowest BCUT2D eigenvalue weighted by Gasteiger charge is -2.23. The molecule has 7 nitrogen and oxygen atoms in total. The van der Waals surface area contributed by atoms with Crippen LogP contribution in [0.1, 0.15) is 12.8 Å². The lowest BCUT2D eigenvalue weighted by atomic mass is 10.2. The van der Waals surface area contributed by atoms with Crippen molar-refractivity contribution >= 4 is 21.7 Å². The minimum Gasteiger partial charge on any atom is -0.316 e. The van der Waals surface area contributed by atoms with E-state index in [0.717, 1.165) is 11.2 Å². The number of hydrogen-bond acceptors (Lipinski definition) is 4. The number of rotatable bonds is 5. The fraction of sp³-hybridized carbons (Fsp3) is 0.667. The Morgan fingerprint density at radius 3 is 2.91 bits per heavy atom. The summed E-state index contributed by atoms with van der Waals surface area (Å²) in [5, 5.41) is 6.46. The number of halogens is 2. The monoisotopic (exact) mass is 336 g/mol. The van der Waals surface area contributed by atoms with Crippen molar-refractivity contribution in [1.29, 1.82) is 0 Å². The number of nitrogens with one attached hydrogen (secondary N) is 1. The number of nitrogens with zero attached hydrogens (tertiary/aromatic N) is 3. The largest absolute Gasteiger partial charge is 0.323 e. The second kappa shape index (κ2) is 6.59. The van der Waals surface area contributed by atoms with Crippen LogP contribution in [0.15, 0.2) is 12.3 Å². The van der Waals surface area contributed by atoms with Gasteiger partial charge in [0.05, 0.1) is 18.3 Å². The highest BCUT2D eigenvalue weighted by atomic mass is 32.2. The number of hydrogen-bond donors (Lipinski definition) is 1. The highest BCUT2D eigenvalue weighted by Gasteiger charge is 2.35. The van der Waals surface area contributed by atoms with E-state index in [-0.39, 0.29) is 31.1 Å². The lowest BCUT2D eigenvalue weighted by Crippen LogP contribution is -2.42. The molecule has 2 heterocycles. The summed E-state index contributed by atoms with van der Waals surface area (Å²) in [5.41, 5.74) is 0. The number of urea groups is 1. The Morgan fingerprint density at radius 2 is 2.27 bits per heavy atom. The van der Waals surface area contributed by atoms with Gasteiger partial charge in [-0.25, -0.2) is 22.0 Å². The van der Waals surface area contributed by atoms with Gasteiger partial charge in [0, 0.05) is 25.1 Å².